The second-order valence-corrected chi connectivity index (χ2v) is 2.66. The average molecular weight is 223 g/mol. The smallest absolute Gasteiger partial charge is 0.318 e. The van der Waals surface area contributed by atoms with Gasteiger partial charge in [-0.2, -0.15) is 0 Å². The van der Waals surface area contributed by atoms with Gasteiger partial charge < -0.3 is 5.73 Å². The van der Waals surface area contributed by atoms with Crippen LogP contribution in [0.3, 0.4) is 0 Å². The molecule has 0 spiro atoms. The van der Waals surface area contributed by atoms with E-state index in [-0.39, 0.29) is 17.2 Å². The highest BCUT2D eigenvalue weighted by molar-refractivity contribution is 6.00. The molecule has 0 saturated carbocycles. The number of carbonyl (C=O) groups excluding carboxylic acids is 1. The van der Waals surface area contributed by atoms with Crippen molar-refractivity contribution in [2.45, 2.75) is 0 Å². The minimum absolute atomic E-state index is 0.0620. The second kappa shape index (κ2) is 5.41. The van der Waals surface area contributed by atoms with E-state index in [4.69, 9.17) is 10.9 Å². The molecular weight excluding hydrogens is 214 g/mol. The lowest BCUT2D eigenvalue weighted by Gasteiger charge is -2.04. The molecule has 5 N–H and O–H groups in total. The molecule has 0 fully saturated rings. The SMILES string of the molecule is N/C(=N\Nc1ccccc1C(=O)N=O)NO. The van der Waals surface area contributed by atoms with Crippen LogP contribution in [0.15, 0.2) is 34.5 Å². The molecule has 0 aromatic heterocycles. The van der Waals surface area contributed by atoms with Gasteiger partial charge in [-0.05, 0) is 12.1 Å². The number of hydrogen-bond acceptors (Lipinski definition) is 5. The highest BCUT2D eigenvalue weighted by atomic mass is 16.5. The van der Waals surface area contributed by atoms with Crippen LogP contribution in [0.1, 0.15) is 10.4 Å². The first kappa shape index (κ1) is 11.6. The molecule has 0 bridgehead atoms. The fourth-order valence-corrected chi connectivity index (χ4v) is 0.962. The maximum Gasteiger partial charge on any atom is 0.318 e. The molecule has 0 radical (unpaired) electrons. The highest BCUT2D eigenvalue weighted by Gasteiger charge is 2.10. The third-order valence-electron chi connectivity index (χ3n) is 1.65. The van der Waals surface area contributed by atoms with E-state index in [1.165, 1.54) is 12.1 Å². The molecule has 0 aliphatic rings. The minimum atomic E-state index is -0.922. The Morgan fingerprint density at radius 1 is 1.38 bits per heavy atom. The van der Waals surface area contributed by atoms with Crippen molar-refractivity contribution in [2.24, 2.45) is 16.0 Å². The number of nitroso groups, excluding NO2 is 1. The van der Waals surface area contributed by atoms with Crippen LogP contribution in [-0.4, -0.2) is 17.1 Å². The quantitative estimate of drug-likeness (QED) is 0.251. The van der Waals surface area contributed by atoms with Crippen molar-refractivity contribution in [3.63, 3.8) is 0 Å². The normalized spacial score (nSPS) is 10.7. The summed E-state index contributed by atoms with van der Waals surface area (Å²) in [7, 11) is 0. The molecule has 0 aliphatic carbocycles. The molecule has 1 amide bonds. The third kappa shape index (κ3) is 2.75. The van der Waals surface area contributed by atoms with Crippen LogP contribution in [0.5, 0.6) is 0 Å². The summed E-state index contributed by atoms with van der Waals surface area (Å²) in [6.45, 7) is 0. The number of amides is 1. The first-order valence-electron chi connectivity index (χ1n) is 4.15. The van der Waals surface area contributed by atoms with E-state index in [2.05, 4.69) is 15.7 Å². The molecule has 0 saturated heterocycles. The number of nitrogens with two attached hydrogens (primary N) is 1. The second-order valence-electron chi connectivity index (χ2n) is 2.66. The number of para-hydroxylation sites is 1. The van der Waals surface area contributed by atoms with Gasteiger partial charge in [-0.15, -0.1) is 10.0 Å². The van der Waals surface area contributed by atoms with Crippen molar-refractivity contribution in [2.75, 3.05) is 5.43 Å². The first-order valence-corrected chi connectivity index (χ1v) is 4.15. The number of anilines is 1. The maximum atomic E-state index is 11.1. The summed E-state index contributed by atoms with van der Waals surface area (Å²) in [6.07, 6.45) is 0. The van der Waals surface area contributed by atoms with Gasteiger partial charge in [0.25, 0.3) is 0 Å². The van der Waals surface area contributed by atoms with E-state index in [1.807, 2.05) is 0 Å². The van der Waals surface area contributed by atoms with Crippen molar-refractivity contribution in [3.05, 3.63) is 34.7 Å². The third-order valence-corrected chi connectivity index (χ3v) is 1.65. The highest BCUT2D eigenvalue weighted by Crippen LogP contribution is 2.15. The number of nitrogens with zero attached hydrogens (tertiary/aromatic N) is 2. The van der Waals surface area contributed by atoms with Crippen LogP contribution in [-0.2, 0) is 0 Å². The predicted molar refractivity (Wildman–Crippen MR) is 56.7 cm³/mol. The van der Waals surface area contributed by atoms with Gasteiger partial charge in [0, 0.05) is 5.18 Å². The van der Waals surface area contributed by atoms with Crippen LogP contribution < -0.4 is 16.6 Å². The summed E-state index contributed by atoms with van der Waals surface area (Å²) in [6, 6.07) is 6.11. The van der Waals surface area contributed by atoms with E-state index in [0.717, 1.165) is 0 Å². The van der Waals surface area contributed by atoms with Crippen molar-refractivity contribution in [3.8, 4) is 0 Å². The largest absolute Gasteiger partial charge is 0.367 e. The Labute approximate surface area is 90.1 Å². The molecule has 0 atom stereocenters. The Morgan fingerprint density at radius 3 is 2.69 bits per heavy atom. The van der Waals surface area contributed by atoms with E-state index < -0.39 is 5.91 Å². The van der Waals surface area contributed by atoms with Crippen molar-refractivity contribution < 1.29 is 10.0 Å². The number of benzene rings is 1. The van der Waals surface area contributed by atoms with Crippen molar-refractivity contribution in [1.82, 2.24) is 5.48 Å². The first-order chi connectivity index (χ1) is 7.69. The molecule has 1 aromatic rings. The fourth-order valence-electron chi connectivity index (χ4n) is 0.962. The van der Waals surface area contributed by atoms with Gasteiger partial charge in [-0.25, -0.2) is 5.48 Å². The summed E-state index contributed by atoms with van der Waals surface area (Å²) in [4.78, 5) is 21.2. The van der Waals surface area contributed by atoms with E-state index in [9.17, 15) is 9.70 Å². The standard InChI is InChI=1S/C8H9N5O3/c9-8(13-16)11-10-6-4-2-1-3-5(6)7(14)12-15/h1-4,10,16H,(H3,9,11,13). The summed E-state index contributed by atoms with van der Waals surface area (Å²) >= 11 is 0. The van der Waals surface area contributed by atoms with Gasteiger partial charge in [0.05, 0.1) is 11.3 Å². The summed E-state index contributed by atoms with van der Waals surface area (Å²) in [5, 5.41) is 14.1. The van der Waals surface area contributed by atoms with Gasteiger partial charge in [0.2, 0.25) is 5.96 Å². The molecule has 8 heteroatoms. The molecule has 16 heavy (non-hydrogen) atoms. The molecule has 1 rings (SSSR count). The lowest BCUT2D eigenvalue weighted by molar-refractivity contribution is 0.100. The number of hydrogen-bond donors (Lipinski definition) is 4. The van der Waals surface area contributed by atoms with Crippen LogP contribution in [0.25, 0.3) is 0 Å². The minimum Gasteiger partial charge on any atom is -0.367 e. The molecule has 84 valence electrons. The Balaban J connectivity index is 2.95. The zero-order valence-corrected chi connectivity index (χ0v) is 8.04. The van der Waals surface area contributed by atoms with Crippen LogP contribution >= 0.6 is 0 Å². The summed E-state index contributed by atoms with van der Waals surface area (Å²) in [5.41, 5.74) is 9.45. The maximum absolute atomic E-state index is 11.1. The van der Waals surface area contributed by atoms with E-state index in [1.54, 1.807) is 17.6 Å². The molecule has 1 aromatic carbocycles. The predicted octanol–water partition coefficient (Wildman–Crippen LogP) is 0.214. The number of hydrazone groups is 1. The number of guanidine groups is 1. The molecule has 0 unspecified atom stereocenters. The summed E-state index contributed by atoms with van der Waals surface area (Å²) < 4.78 is 0. The van der Waals surface area contributed by atoms with Crippen LogP contribution in [0.2, 0.25) is 0 Å². The topological polar surface area (TPSA) is 129 Å². The van der Waals surface area contributed by atoms with Gasteiger partial charge in [-0.3, -0.25) is 15.4 Å². The summed E-state index contributed by atoms with van der Waals surface area (Å²) in [5.74, 6) is -1.21. The van der Waals surface area contributed by atoms with Crippen LogP contribution in [0.4, 0.5) is 5.69 Å². The zero-order chi connectivity index (χ0) is 12.0. The van der Waals surface area contributed by atoms with Gasteiger partial charge in [-0.1, -0.05) is 12.1 Å². The van der Waals surface area contributed by atoms with Gasteiger partial charge in [0.1, 0.15) is 0 Å². The Bertz CT molecular complexity index is 431. The number of rotatable bonds is 3. The molecule has 0 heterocycles. The van der Waals surface area contributed by atoms with Gasteiger partial charge >= 0.3 is 5.91 Å². The average Bonchev–Trinajstić information content (AvgIpc) is 2.35. The Hall–Kier alpha value is -2.48. The Morgan fingerprint density at radius 2 is 2.06 bits per heavy atom. The van der Waals surface area contributed by atoms with Crippen LogP contribution in [0, 0.1) is 4.91 Å². The number of carbonyl (C=O) groups is 1. The monoisotopic (exact) mass is 223 g/mol. The zero-order valence-electron chi connectivity index (χ0n) is 8.04. The lowest BCUT2D eigenvalue weighted by atomic mass is 10.2. The number of hydroxylamine groups is 1. The number of nitrogens with one attached hydrogen (secondary N) is 2. The molecule has 0 aliphatic heterocycles. The lowest BCUT2D eigenvalue weighted by Crippen LogP contribution is -2.29. The molecular formula is C8H9N5O3. The molecule has 8 nitrogen and oxygen atoms in total. The fraction of sp³-hybridized carbons (Fsp3) is 0. The van der Waals surface area contributed by atoms with E-state index >= 15 is 0 Å². The van der Waals surface area contributed by atoms with Crippen molar-refractivity contribution in [1.29, 1.82) is 0 Å². The van der Waals surface area contributed by atoms with Crippen molar-refractivity contribution >= 4 is 17.6 Å². The van der Waals surface area contributed by atoms with Gasteiger partial charge in [0.15, 0.2) is 0 Å². The van der Waals surface area contributed by atoms with E-state index in [0.29, 0.717) is 0 Å². The Kier molecular flexibility index (Phi) is 3.92.